The minimum absolute atomic E-state index is 0.140. The van der Waals surface area contributed by atoms with Gasteiger partial charge in [0.2, 0.25) is 5.88 Å². The van der Waals surface area contributed by atoms with Crippen LogP contribution in [-0.2, 0) is 11.3 Å². The molecule has 0 spiro atoms. The van der Waals surface area contributed by atoms with Crippen molar-refractivity contribution < 1.29 is 19.1 Å². The Labute approximate surface area is 157 Å². The molecule has 0 bridgehead atoms. The molecule has 3 rings (SSSR count). The zero-order valence-corrected chi connectivity index (χ0v) is 15.5. The quantitative estimate of drug-likeness (QED) is 0.672. The van der Waals surface area contributed by atoms with Crippen LogP contribution < -0.4 is 10.1 Å². The van der Waals surface area contributed by atoms with E-state index in [1.165, 1.54) is 31.8 Å². The largest absolute Gasteiger partial charge is 0.480 e. The molecular formula is C17H14ClN3O4S. The van der Waals surface area contributed by atoms with Crippen molar-refractivity contribution in [1.82, 2.24) is 15.3 Å². The number of rotatable bonds is 5. The highest BCUT2D eigenvalue weighted by Crippen LogP contribution is 2.28. The molecule has 0 saturated carbocycles. The zero-order valence-electron chi connectivity index (χ0n) is 13.9. The lowest BCUT2D eigenvalue weighted by Crippen LogP contribution is -2.22. The smallest absolute Gasteiger partial charge is 0.343 e. The van der Waals surface area contributed by atoms with Crippen molar-refractivity contribution in [2.24, 2.45) is 0 Å². The summed E-state index contributed by atoms with van der Waals surface area (Å²) in [5.74, 6) is -0.656. The van der Waals surface area contributed by atoms with Gasteiger partial charge in [-0.1, -0.05) is 11.6 Å². The van der Waals surface area contributed by atoms with Gasteiger partial charge in [0.15, 0.2) is 0 Å². The first-order chi connectivity index (χ1) is 12.5. The molecule has 7 nitrogen and oxygen atoms in total. The Morgan fingerprint density at radius 3 is 2.73 bits per heavy atom. The predicted octanol–water partition coefficient (Wildman–Crippen LogP) is 3.07. The first-order valence-electron chi connectivity index (χ1n) is 7.45. The van der Waals surface area contributed by atoms with Crippen LogP contribution in [0.3, 0.4) is 0 Å². The molecule has 3 aromatic rings. The molecule has 134 valence electrons. The van der Waals surface area contributed by atoms with Crippen LogP contribution in [0.4, 0.5) is 0 Å². The molecule has 0 saturated heterocycles. The summed E-state index contributed by atoms with van der Waals surface area (Å²) in [5.41, 5.74) is 3.05. The molecule has 0 fully saturated rings. The van der Waals surface area contributed by atoms with E-state index in [0.717, 1.165) is 0 Å². The predicted molar refractivity (Wildman–Crippen MR) is 97.9 cm³/mol. The lowest BCUT2D eigenvalue weighted by Gasteiger charge is -2.12. The van der Waals surface area contributed by atoms with Crippen LogP contribution in [0.25, 0.3) is 10.9 Å². The van der Waals surface area contributed by atoms with Crippen molar-refractivity contribution in [2.45, 2.75) is 6.54 Å². The summed E-state index contributed by atoms with van der Waals surface area (Å²) in [6.07, 6.45) is 1.50. The summed E-state index contributed by atoms with van der Waals surface area (Å²) in [6.45, 7) is 0.210. The molecule has 0 aliphatic heterocycles. The van der Waals surface area contributed by atoms with Gasteiger partial charge in [0.25, 0.3) is 5.91 Å². The average Bonchev–Trinajstić information content (AvgIpc) is 3.18. The number of methoxy groups -OCH3 is 2. The number of nitrogens with one attached hydrogen (secondary N) is 1. The number of benzene rings is 1. The van der Waals surface area contributed by atoms with Crippen LogP contribution in [0, 0.1) is 0 Å². The fraction of sp³-hybridized carbons (Fsp3) is 0.176. The van der Waals surface area contributed by atoms with Gasteiger partial charge in [-0.3, -0.25) is 9.78 Å². The Morgan fingerprint density at radius 2 is 2.08 bits per heavy atom. The van der Waals surface area contributed by atoms with Gasteiger partial charge < -0.3 is 14.8 Å². The van der Waals surface area contributed by atoms with Crippen LogP contribution in [0.2, 0.25) is 5.02 Å². The molecule has 0 atom stereocenters. The molecule has 0 radical (unpaired) electrons. The third-order valence-electron chi connectivity index (χ3n) is 3.62. The third kappa shape index (κ3) is 3.61. The number of hydrogen-bond donors (Lipinski definition) is 1. The maximum absolute atomic E-state index is 12.1. The number of thiazole rings is 1. The van der Waals surface area contributed by atoms with E-state index < -0.39 is 5.97 Å². The topological polar surface area (TPSA) is 90.4 Å². The second-order valence-electron chi connectivity index (χ2n) is 5.22. The monoisotopic (exact) mass is 391 g/mol. The summed E-state index contributed by atoms with van der Waals surface area (Å²) in [4.78, 5) is 32.8. The van der Waals surface area contributed by atoms with E-state index in [0.29, 0.717) is 26.4 Å². The summed E-state index contributed by atoms with van der Waals surface area (Å²) in [7, 11) is 2.70. The third-order valence-corrected chi connectivity index (χ3v) is 4.61. The van der Waals surface area contributed by atoms with Crippen LogP contribution in [-0.4, -0.2) is 36.1 Å². The number of halogens is 1. The van der Waals surface area contributed by atoms with E-state index in [1.807, 2.05) is 0 Å². The van der Waals surface area contributed by atoms with Crippen molar-refractivity contribution in [3.8, 4) is 5.88 Å². The number of esters is 1. The fourth-order valence-electron chi connectivity index (χ4n) is 2.44. The highest BCUT2D eigenvalue weighted by atomic mass is 35.5. The average molecular weight is 392 g/mol. The number of carbonyl (C=O) groups is 2. The van der Waals surface area contributed by atoms with Crippen molar-refractivity contribution in [1.29, 1.82) is 0 Å². The Morgan fingerprint density at radius 1 is 1.27 bits per heavy atom. The summed E-state index contributed by atoms with van der Waals surface area (Å²) in [5, 5.41) is 3.91. The van der Waals surface area contributed by atoms with E-state index in [2.05, 4.69) is 15.3 Å². The number of hydrogen-bond acceptors (Lipinski definition) is 7. The van der Waals surface area contributed by atoms with E-state index in [4.69, 9.17) is 21.1 Å². The second kappa shape index (κ2) is 7.67. The number of aromatic nitrogens is 2. The standard InChI is InChI=1S/C17H14ClN3O4S/c1-24-16-12(17(23)25-2)5-9-3-11(18)4-10(14(9)21-16)6-20-15(22)13-7-19-8-26-13/h3-5,7-8H,6H2,1-2H3,(H,20,22). The molecule has 0 aliphatic rings. The van der Waals surface area contributed by atoms with Gasteiger partial charge in [-0.2, -0.15) is 0 Å². The highest BCUT2D eigenvalue weighted by Gasteiger charge is 2.18. The number of carbonyl (C=O) groups excluding carboxylic acids is 2. The summed E-state index contributed by atoms with van der Waals surface area (Å²) < 4.78 is 9.96. The number of ether oxygens (including phenoxy) is 2. The molecule has 1 amide bonds. The van der Waals surface area contributed by atoms with Crippen molar-refractivity contribution in [2.75, 3.05) is 14.2 Å². The van der Waals surface area contributed by atoms with Crippen molar-refractivity contribution in [3.63, 3.8) is 0 Å². The highest BCUT2D eigenvalue weighted by molar-refractivity contribution is 7.11. The number of amides is 1. The van der Waals surface area contributed by atoms with Gasteiger partial charge in [0, 0.05) is 17.0 Å². The van der Waals surface area contributed by atoms with Gasteiger partial charge in [-0.05, 0) is 23.8 Å². The molecular weight excluding hydrogens is 378 g/mol. The molecule has 2 heterocycles. The van der Waals surface area contributed by atoms with Gasteiger partial charge in [-0.25, -0.2) is 9.78 Å². The molecule has 0 unspecified atom stereocenters. The number of pyridine rings is 1. The molecule has 2 aromatic heterocycles. The Bertz CT molecular complexity index is 976. The molecule has 9 heteroatoms. The SMILES string of the molecule is COC(=O)c1cc2cc(Cl)cc(CNC(=O)c3cncs3)c2nc1OC. The normalized spacial score (nSPS) is 10.6. The van der Waals surface area contributed by atoms with Gasteiger partial charge in [0.1, 0.15) is 10.4 Å². The number of fused-ring (bicyclic) bond motifs is 1. The number of nitrogens with zero attached hydrogens (tertiary/aromatic N) is 2. The first kappa shape index (κ1) is 18.1. The molecule has 0 aliphatic carbocycles. The van der Waals surface area contributed by atoms with E-state index in [-0.39, 0.29) is 23.9 Å². The van der Waals surface area contributed by atoms with Crippen LogP contribution in [0.5, 0.6) is 5.88 Å². The minimum atomic E-state index is -0.559. The minimum Gasteiger partial charge on any atom is -0.480 e. The van der Waals surface area contributed by atoms with E-state index in [1.54, 1.807) is 23.7 Å². The van der Waals surface area contributed by atoms with Crippen LogP contribution in [0.1, 0.15) is 25.6 Å². The van der Waals surface area contributed by atoms with Crippen molar-refractivity contribution >= 4 is 45.7 Å². The Balaban J connectivity index is 1.99. The van der Waals surface area contributed by atoms with E-state index in [9.17, 15) is 9.59 Å². The maximum Gasteiger partial charge on any atom is 0.343 e. The van der Waals surface area contributed by atoms with Gasteiger partial charge >= 0.3 is 5.97 Å². The second-order valence-corrected chi connectivity index (χ2v) is 6.54. The maximum atomic E-state index is 12.1. The molecule has 26 heavy (non-hydrogen) atoms. The van der Waals surface area contributed by atoms with Gasteiger partial charge in [-0.15, -0.1) is 11.3 Å². The first-order valence-corrected chi connectivity index (χ1v) is 8.71. The lowest BCUT2D eigenvalue weighted by atomic mass is 10.1. The van der Waals surface area contributed by atoms with Crippen LogP contribution >= 0.6 is 22.9 Å². The summed E-state index contributed by atoms with van der Waals surface area (Å²) in [6, 6.07) is 5.00. The summed E-state index contributed by atoms with van der Waals surface area (Å²) >= 11 is 7.43. The lowest BCUT2D eigenvalue weighted by molar-refractivity contribution is 0.0596. The van der Waals surface area contributed by atoms with Crippen molar-refractivity contribution in [3.05, 3.63) is 50.9 Å². The van der Waals surface area contributed by atoms with Crippen LogP contribution in [0.15, 0.2) is 29.9 Å². The molecule has 1 aromatic carbocycles. The van der Waals surface area contributed by atoms with E-state index >= 15 is 0 Å². The fourth-order valence-corrected chi connectivity index (χ4v) is 3.23. The van der Waals surface area contributed by atoms with Gasteiger partial charge in [0.05, 0.1) is 31.4 Å². The zero-order chi connectivity index (χ0) is 18.7. The molecule has 1 N–H and O–H groups in total. The Kier molecular flexibility index (Phi) is 5.34. The Hall–Kier alpha value is -2.71.